The zero-order valence-corrected chi connectivity index (χ0v) is 11.5. The number of halogens is 1. The lowest BCUT2D eigenvalue weighted by atomic mass is 10.1. The molecule has 1 N–H and O–H groups in total. The smallest absolute Gasteiger partial charge is 0.224 e. The lowest BCUT2D eigenvalue weighted by Gasteiger charge is -2.18. The summed E-state index contributed by atoms with van der Waals surface area (Å²) in [4.78, 5) is 13.7. The summed E-state index contributed by atoms with van der Waals surface area (Å²) in [6.07, 6.45) is 0.513. The Morgan fingerprint density at radius 1 is 1.41 bits per heavy atom. The molecule has 0 unspecified atom stereocenters. The minimum Gasteiger partial charge on any atom is -0.376 e. The first kappa shape index (κ1) is 13.8. The van der Waals surface area contributed by atoms with E-state index in [4.69, 9.17) is 11.6 Å². The first-order chi connectivity index (χ1) is 7.90. The van der Waals surface area contributed by atoms with Crippen LogP contribution in [-0.2, 0) is 4.79 Å². The molecule has 0 fully saturated rings. The van der Waals surface area contributed by atoms with Crippen LogP contribution in [0.4, 0.5) is 11.4 Å². The number of nitrogens with one attached hydrogen (secondary N) is 1. The fourth-order valence-electron chi connectivity index (χ4n) is 1.57. The van der Waals surface area contributed by atoms with Crippen LogP contribution in [0.15, 0.2) is 18.2 Å². The average Bonchev–Trinajstić information content (AvgIpc) is 2.15. The van der Waals surface area contributed by atoms with Gasteiger partial charge in [-0.1, -0.05) is 25.4 Å². The van der Waals surface area contributed by atoms with Crippen molar-refractivity contribution < 1.29 is 4.79 Å². The molecule has 1 aromatic carbocycles. The van der Waals surface area contributed by atoms with Crippen molar-refractivity contribution in [1.82, 2.24) is 0 Å². The molecule has 0 aromatic heterocycles. The quantitative estimate of drug-likeness (QED) is 0.893. The molecule has 4 heteroatoms. The first-order valence-electron chi connectivity index (χ1n) is 5.67. The lowest BCUT2D eigenvalue weighted by Crippen LogP contribution is -2.17. The molecule has 0 spiro atoms. The van der Waals surface area contributed by atoms with Gasteiger partial charge in [0, 0.05) is 25.5 Å². The molecule has 0 aliphatic carbocycles. The Morgan fingerprint density at radius 3 is 2.59 bits per heavy atom. The van der Waals surface area contributed by atoms with E-state index in [2.05, 4.69) is 5.32 Å². The number of carbonyl (C=O) groups excluding carboxylic acids is 1. The normalized spacial score (nSPS) is 10.5. The van der Waals surface area contributed by atoms with Crippen LogP contribution in [0.3, 0.4) is 0 Å². The van der Waals surface area contributed by atoms with Crippen LogP contribution >= 0.6 is 11.6 Å². The molecule has 0 radical (unpaired) electrons. The fraction of sp³-hybridized carbons (Fsp3) is 0.462. The Bertz CT molecular complexity index is 402. The summed E-state index contributed by atoms with van der Waals surface area (Å²) in [6, 6.07) is 5.48. The number of rotatable bonds is 4. The molecular formula is C13H19ClN2O. The van der Waals surface area contributed by atoms with Gasteiger partial charge in [-0.3, -0.25) is 4.79 Å². The molecule has 0 saturated carbocycles. The Hall–Kier alpha value is -1.22. The van der Waals surface area contributed by atoms with E-state index in [1.54, 1.807) is 6.07 Å². The van der Waals surface area contributed by atoms with Crippen molar-refractivity contribution in [3.8, 4) is 0 Å². The third-order valence-electron chi connectivity index (χ3n) is 2.31. The van der Waals surface area contributed by atoms with Gasteiger partial charge in [-0.05, 0) is 24.1 Å². The Labute approximate surface area is 108 Å². The molecule has 17 heavy (non-hydrogen) atoms. The fourth-order valence-corrected chi connectivity index (χ4v) is 1.74. The van der Waals surface area contributed by atoms with E-state index >= 15 is 0 Å². The maximum atomic E-state index is 11.7. The molecule has 0 heterocycles. The summed E-state index contributed by atoms with van der Waals surface area (Å²) in [5, 5.41) is 3.52. The van der Waals surface area contributed by atoms with Crippen molar-refractivity contribution in [3.05, 3.63) is 23.2 Å². The second-order valence-electron chi connectivity index (χ2n) is 4.70. The van der Waals surface area contributed by atoms with E-state index in [0.717, 1.165) is 11.4 Å². The minimum atomic E-state index is 0.0189. The highest BCUT2D eigenvalue weighted by Crippen LogP contribution is 2.28. The zero-order valence-electron chi connectivity index (χ0n) is 10.7. The molecule has 3 nitrogen and oxygen atoms in total. The standard InChI is InChI=1S/C13H19ClN2O/c1-9(2)7-13(17)15-11-8-10(14)5-6-12(11)16(3)4/h5-6,8-9H,7H2,1-4H3,(H,15,17). The maximum Gasteiger partial charge on any atom is 0.224 e. The highest BCUT2D eigenvalue weighted by molar-refractivity contribution is 6.31. The van der Waals surface area contributed by atoms with Gasteiger partial charge in [0.1, 0.15) is 0 Å². The second kappa shape index (κ2) is 5.92. The van der Waals surface area contributed by atoms with Crippen LogP contribution in [0.1, 0.15) is 20.3 Å². The predicted octanol–water partition coefficient (Wildman–Crippen LogP) is 3.39. The SMILES string of the molecule is CC(C)CC(=O)Nc1cc(Cl)ccc1N(C)C. The van der Waals surface area contributed by atoms with E-state index < -0.39 is 0 Å². The van der Waals surface area contributed by atoms with Crippen LogP contribution in [0.2, 0.25) is 5.02 Å². The van der Waals surface area contributed by atoms with Gasteiger partial charge in [-0.25, -0.2) is 0 Å². The minimum absolute atomic E-state index is 0.0189. The van der Waals surface area contributed by atoms with Crippen molar-refractivity contribution in [1.29, 1.82) is 0 Å². The summed E-state index contributed by atoms with van der Waals surface area (Å²) >= 11 is 5.94. The zero-order chi connectivity index (χ0) is 13.0. The Morgan fingerprint density at radius 2 is 2.06 bits per heavy atom. The molecule has 1 amide bonds. The highest BCUT2D eigenvalue weighted by Gasteiger charge is 2.10. The van der Waals surface area contributed by atoms with Gasteiger partial charge in [0.2, 0.25) is 5.91 Å². The van der Waals surface area contributed by atoms with Crippen molar-refractivity contribution in [2.75, 3.05) is 24.3 Å². The topological polar surface area (TPSA) is 32.3 Å². The van der Waals surface area contributed by atoms with Gasteiger partial charge < -0.3 is 10.2 Å². The summed E-state index contributed by atoms with van der Waals surface area (Å²) < 4.78 is 0. The molecule has 1 rings (SSSR count). The third kappa shape index (κ3) is 4.27. The van der Waals surface area contributed by atoms with E-state index in [0.29, 0.717) is 17.4 Å². The molecule has 0 bridgehead atoms. The van der Waals surface area contributed by atoms with Gasteiger partial charge in [0.15, 0.2) is 0 Å². The number of anilines is 2. The van der Waals surface area contributed by atoms with Gasteiger partial charge in [-0.15, -0.1) is 0 Å². The van der Waals surface area contributed by atoms with E-state index in [1.807, 2.05) is 45.0 Å². The third-order valence-corrected chi connectivity index (χ3v) is 2.54. The van der Waals surface area contributed by atoms with Gasteiger partial charge >= 0.3 is 0 Å². The van der Waals surface area contributed by atoms with Crippen LogP contribution in [0.5, 0.6) is 0 Å². The summed E-state index contributed by atoms with van der Waals surface area (Å²) in [7, 11) is 3.86. The Balaban J connectivity index is 2.88. The molecule has 0 aliphatic rings. The molecule has 94 valence electrons. The molecule has 0 saturated heterocycles. The van der Waals surface area contributed by atoms with Crippen molar-refractivity contribution in [2.24, 2.45) is 5.92 Å². The molecule has 0 atom stereocenters. The van der Waals surface area contributed by atoms with Crippen LogP contribution < -0.4 is 10.2 Å². The monoisotopic (exact) mass is 254 g/mol. The average molecular weight is 255 g/mol. The second-order valence-corrected chi connectivity index (χ2v) is 5.14. The number of amides is 1. The van der Waals surface area contributed by atoms with E-state index in [9.17, 15) is 4.79 Å². The predicted molar refractivity (Wildman–Crippen MR) is 73.9 cm³/mol. The summed E-state index contributed by atoms with van der Waals surface area (Å²) in [5.41, 5.74) is 1.71. The number of hydrogen-bond acceptors (Lipinski definition) is 2. The van der Waals surface area contributed by atoms with Crippen LogP contribution in [0, 0.1) is 5.92 Å². The number of benzene rings is 1. The van der Waals surface area contributed by atoms with Gasteiger partial charge in [0.25, 0.3) is 0 Å². The maximum absolute atomic E-state index is 11.7. The molecule has 1 aromatic rings. The van der Waals surface area contributed by atoms with Gasteiger partial charge in [0.05, 0.1) is 11.4 Å². The highest BCUT2D eigenvalue weighted by atomic mass is 35.5. The van der Waals surface area contributed by atoms with Gasteiger partial charge in [-0.2, -0.15) is 0 Å². The van der Waals surface area contributed by atoms with Crippen molar-refractivity contribution >= 4 is 28.9 Å². The van der Waals surface area contributed by atoms with E-state index in [-0.39, 0.29) is 5.91 Å². The van der Waals surface area contributed by atoms with Crippen LogP contribution in [-0.4, -0.2) is 20.0 Å². The van der Waals surface area contributed by atoms with E-state index in [1.165, 1.54) is 0 Å². The number of carbonyl (C=O) groups is 1. The summed E-state index contributed by atoms with van der Waals surface area (Å²) in [6.45, 7) is 4.04. The Kier molecular flexibility index (Phi) is 4.82. The lowest BCUT2D eigenvalue weighted by molar-refractivity contribution is -0.116. The largest absolute Gasteiger partial charge is 0.376 e. The molecule has 0 aliphatic heterocycles. The van der Waals surface area contributed by atoms with Crippen molar-refractivity contribution in [2.45, 2.75) is 20.3 Å². The molecular weight excluding hydrogens is 236 g/mol. The van der Waals surface area contributed by atoms with Crippen LogP contribution in [0.25, 0.3) is 0 Å². The summed E-state index contributed by atoms with van der Waals surface area (Å²) in [5.74, 6) is 0.363. The van der Waals surface area contributed by atoms with Crippen molar-refractivity contribution in [3.63, 3.8) is 0 Å². The first-order valence-corrected chi connectivity index (χ1v) is 6.04. The number of hydrogen-bond donors (Lipinski definition) is 1. The number of nitrogens with zero attached hydrogens (tertiary/aromatic N) is 1.